The molecule has 2 aromatic heterocycles. The minimum Gasteiger partial charge on any atom is -1.00 e. The zero-order chi connectivity index (χ0) is 33.0. The van der Waals surface area contributed by atoms with Crippen LogP contribution in [-0.4, -0.2) is 73.7 Å². The zero-order valence-corrected chi connectivity index (χ0v) is 28.3. The molecule has 2 aliphatic heterocycles. The minimum absolute atomic E-state index is 0. The van der Waals surface area contributed by atoms with Crippen LogP contribution in [0, 0.1) is 11.6 Å². The smallest absolute Gasteiger partial charge is 0.231 e. The van der Waals surface area contributed by atoms with E-state index in [0.717, 1.165) is 65.7 Å². The molecule has 254 valence electrons. The Morgan fingerprint density at radius 2 is 1.58 bits per heavy atom. The Balaban J connectivity index is 0.000000186. The lowest BCUT2D eigenvalue weighted by atomic mass is 9.93. The van der Waals surface area contributed by atoms with Crippen molar-refractivity contribution in [2.45, 2.75) is 38.2 Å². The van der Waals surface area contributed by atoms with E-state index in [4.69, 9.17) is 18.9 Å². The van der Waals surface area contributed by atoms with Gasteiger partial charge in [0.25, 0.3) is 0 Å². The number of halogens is 3. The van der Waals surface area contributed by atoms with Crippen molar-refractivity contribution in [1.29, 1.82) is 0 Å². The summed E-state index contributed by atoms with van der Waals surface area (Å²) in [5, 5.41) is 18.8. The second-order valence-corrected chi connectivity index (χ2v) is 11.9. The van der Waals surface area contributed by atoms with Crippen LogP contribution in [0.2, 0.25) is 0 Å². The van der Waals surface area contributed by atoms with Gasteiger partial charge in [-0.15, -0.1) is 0 Å². The topological polar surface area (TPSA) is 119 Å². The molecule has 0 saturated carbocycles. The predicted molar refractivity (Wildman–Crippen MR) is 165 cm³/mol. The third kappa shape index (κ3) is 7.58. The van der Waals surface area contributed by atoms with Crippen LogP contribution in [0.5, 0.6) is 23.0 Å². The molecule has 12 nitrogen and oxygen atoms in total. The molecule has 0 spiro atoms. The molecular weight excluding hydrogens is 692 g/mol. The monoisotopic (exact) mass is 727 g/mol. The van der Waals surface area contributed by atoms with Crippen molar-refractivity contribution in [3.05, 3.63) is 108 Å². The van der Waals surface area contributed by atoms with Crippen molar-refractivity contribution < 1.29 is 54.3 Å². The maximum atomic E-state index is 14.1. The highest BCUT2D eigenvalue weighted by atomic mass is 79.9. The first kappa shape index (κ1) is 34.7. The first-order chi connectivity index (χ1) is 22.7. The molecule has 0 radical (unpaired) electrons. The molecule has 2 aliphatic rings. The van der Waals surface area contributed by atoms with Gasteiger partial charge in [-0.1, -0.05) is 12.1 Å². The summed E-state index contributed by atoms with van der Waals surface area (Å²) in [5.41, 5.74) is 2.14. The quantitative estimate of drug-likeness (QED) is 0.221. The maximum Gasteiger partial charge on any atom is 0.231 e. The summed E-state index contributed by atoms with van der Waals surface area (Å²) >= 11 is 0. The third-order valence-corrected chi connectivity index (χ3v) is 8.42. The Morgan fingerprint density at radius 1 is 0.917 bits per heavy atom. The van der Waals surface area contributed by atoms with Crippen LogP contribution in [0.1, 0.15) is 22.3 Å². The van der Waals surface area contributed by atoms with E-state index in [0.29, 0.717) is 6.79 Å². The molecule has 48 heavy (non-hydrogen) atoms. The number of fused-ring (bicyclic) bond motifs is 2. The van der Waals surface area contributed by atoms with Gasteiger partial charge in [0, 0.05) is 23.6 Å². The number of quaternary nitrogens is 1. The molecule has 0 saturated heterocycles. The third-order valence-electron chi connectivity index (χ3n) is 8.42. The summed E-state index contributed by atoms with van der Waals surface area (Å²) in [5.74, 6) is 1.80. The molecule has 4 heterocycles. The Bertz CT molecular complexity index is 1790. The molecule has 15 heteroatoms. The van der Waals surface area contributed by atoms with Gasteiger partial charge in [-0.2, -0.15) is 10.2 Å². The van der Waals surface area contributed by atoms with Gasteiger partial charge in [-0.05, 0) is 35.9 Å². The van der Waals surface area contributed by atoms with Crippen molar-refractivity contribution in [2.75, 3.05) is 34.6 Å². The molecule has 1 atom stereocenters. The normalized spacial score (nSPS) is 16.3. The van der Waals surface area contributed by atoms with E-state index in [1.165, 1.54) is 57.4 Å². The SMILES string of the molecule is COc1cccc(C[N+]2(C)CCc3cc4c(cc3C2)OCO4)c1OC.OC(Cn1cncn1)(Cn1cncn1)c1ccc(F)cc1F.[Br-]. The fraction of sp³-hybridized carbons (Fsp3) is 0.333. The fourth-order valence-corrected chi connectivity index (χ4v) is 6.16. The van der Waals surface area contributed by atoms with Crippen molar-refractivity contribution in [2.24, 2.45) is 0 Å². The van der Waals surface area contributed by atoms with Crippen LogP contribution in [-0.2, 0) is 38.2 Å². The lowest BCUT2D eigenvalue weighted by Gasteiger charge is -2.39. The van der Waals surface area contributed by atoms with Crippen LogP contribution in [0.3, 0.4) is 0 Å². The summed E-state index contributed by atoms with van der Waals surface area (Å²) in [7, 11) is 5.68. The number of aliphatic hydroxyl groups is 1. The van der Waals surface area contributed by atoms with Crippen LogP contribution in [0.25, 0.3) is 0 Å². The molecule has 0 amide bonds. The first-order valence-electron chi connectivity index (χ1n) is 15.0. The minimum atomic E-state index is -1.70. The van der Waals surface area contributed by atoms with Crippen LogP contribution >= 0.6 is 0 Å². The van der Waals surface area contributed by atoms with E-state index in [1.54, 1.807) is 14.2 Å². The number of likely N-dealkylation sites (N-methyl/N-ethyl adjacent to an activating group) is 1. The number of aromatic nitrogens is 6. The van der Waals surface area contributed by atoms with E-state index in [9.17, 15) is 13.9 Å². The average molecular weight is 729 g/mol. The van der Waals surface area contributed by atoms with E-state index in [2.05, 4.69) is 45.4 Å². The summed E-state index contributed by atoms with van der Waals surface area (Å²) in [4.78, 5) is 7.57. The van der Waals surface area contributed by atoms with Gasteiger partial charge in [0.2, 0.25) is 6.79 Å². The van der Waals surface area contributed by atoms with Gasteiger partial charge in [-0.25, -0.2) is 28.1 Å². The second kappa shape index (κ2) is 14.7. The van der Waals surface area contributed by atoms with E-state index < -0.39 is 17.2 Å². The Kier molecular flexibility index (Phi) is 10.6. The molecular formula is C33H36BrF2N7O5. The second-order valence-electron chi connectivity index (χ2n) is 11.9. The first-order valence-corrected chi connectivity index (χ1v) is 15.0. The number of rotatable bonds is 9. The molecule has 1 unspecified atom stereocenters. The Labute approximate surface area is 286 Å². The molecule has 1 N–H and O–H groups in total. The van der Waals surface area contributed by atoms with Crippen molar-refractivity contribution >= 4 is 0 Å². The Morgan fingerprint density at radius 3 is 2.17 bits per heavy atom. The lowest BCUT2D eigenvalue weighted by molar-refractivity contribution is -0.937. The van der Waals surface area contributed by atoms with E-state index >= 15 is 0 Å². The average Bonchev–Trinajstić information content (AvgIpc) is 3.84. The number of nitrogens with zero attached hydrogens (tertiary/aromatic N) is 7. The highest BCUT2D eigenvalue weighted by Gasteiger charge is 2.35. The molecule has 0 aliphatic carbocycles. The molecule has 3 aromatic carbocycles. The van der Waals surface area contributed by atoms with Gasteiger partial charge in [0.1, 0.15) is 55.6 Å². The van der Waals surface area contributed by atoms with Crippen LogP contribution in [0.4, 0.5) is 8.78 Å². The van der Waals surface area contributed by atoms with Crippen molar-refractivity contribution in [1.82, 2.24) is 29.5 Å². The number of hydrogen-bond donors (Lipinski definition) is 1. The maximum absolute atomic E-state index is 14.1. The Hall–Kier alpha value is -4.60. The molecule has 0 fully saturated rings. The highest BCUT2D eigenvalue weighted by molar-refractivity contribution is 5.49. The number of ether oxygens (including phenoxy) is 4. The number of para-hydroxylation sites is 1. The molecule has 5 aromatic rings. The lowest BCUT2D eigenvalue weighted by Crippen LogP contribution is -3.00. The fourth-order valence-electron chi connectivity index (χ4n) is 6.16. The van der Waals surface area contributed by atoms with Gasteiger partial charge in [0.15, 0.2) is 23.0 Å². The van der Waals surface area contributed by atoms with E-state index in [-0.39, 0.29) is 35.6 Å². The van der Waals surface area contributed by atoms with Gasteiger partial charge < -0.3 is 45.5 Å². The number of hydrogen-bond acceptors (Lipinski definition) is 9. The standard InChI is InChI=1S/C20H24NO4.C13H12F2N6O.BrH/c1-21(11-15-5-4-6-17(22-2)20(15)23-3)8-7-14-9-18-19(25-13-24-18)10-16(14)12-21;14-10-1-2-11(12(15)3-10)13(22,4-20-8-16-6-18-20)5-21-9-17-7-19-21;/h4-6,9-10H,7-8,11-13H2,1-3H3;1-3,6-9,22H,4-5H2;1H/q+1;;/p-1. The van der Waals surface area contributed by atoms with Crippen molar-refractivity contribution in [3.8, 4) is 23.0 Å². The van der Waals surface area contributed by atoms with Crippen LogP contribution in [0.15, 0.2) is 73.8 Å². The highest BCUT2D eigenvalue weighted by Crippen LogP contribution is 2.39. The zero-order valence-electron chi connectivity index (χ0n) is 26.7. The predicted octanol–water partition coefficient (Wildman–Crippen LogP) is 0.875. The summed E-state index contributed by atoms with van der Waals surface area (Å²) in [6.07, 6.45) is 6.43. The largest absolute Gasteiger partial charge is 1.00 e. The van der Waals surface area contributed by atoms with Crippen molar-refractivity contribution in [3.63, 3.8) is 0 Å². The van der Waals surface area contributed by atoms with Crippen LogP contribution < -0.4 is 35.9 Å². The number of benzene rings is 3. The molecule has 7 rings (SSSR count). The van der Waals surface area contributed by atoms with Gasteiger partial charge >= 0.3 is 0 Å². The number of methoxy groups -OCH3 is 2. The van der Waals surface area contributed by atoms with E-state index in [1.807, 2.05) is 12.1 Å². The van der Waals surface area contributed by atoms with Gasteiger partial charge in [-0.3, -0.25) is 0 Å². The summed E-state index contributed by atoms with van der Waals surface area (Å²) < 4.78 is 53.0. The summed E-state index contributed by atoms with van der Waals surface area (Å²) in [6, 6.07) is 13.4. The molecule has 0 bridgehead atoms. The van der Waals surface area contributed by atoms with Gasteiger partial charge in [0.05, 0.1) is 46.5 Å². The summed E-state index contributed by atoms with van der Waals surface area (Å²) in [6.45, 7) is 3.11.